The van der Waals surface area contributed by atoms with Gasteiger partial charge in [-0.2, -0.15) is 0 Å². The van der Waals surface area contributed by atoms with Crippen LogP contribution in [0, 0.1) is 13.8 Å². The molecular formula is C23H21N7O. The number of hydrogen-bond donors (Lipinski definition) is 0. The minimum atomic E-state index is 0.175. The Kier molecular flexibility index (Phi) is 4.66. The highest BCUT2D eigenvalue weighted by molar-refractivity contribution is 5.98. The molecule has 0 amide bonds. The summed E-state index contributed by atoms with van der Waals surface area (Å²) in [6.07, 6.45) is 5.27. The van der Waals surface area contributed by atoms with Crippen LogP contribution in [0.2, 0.25) is 0 Å². The van der Waals surface area contributed by atoms with E-state index in [1.165, 1.54) is 0 Å². The van der Waals surface area contributed by atoms with Crippen molar-refractivity contribution in [1.82, 2.24) is 29.1 Å². The first kappa shape index (κ1) is 18.9. The van der Waals surface area contributed by atoms with Gasteiger partial charge >= 0.3 is 0 Å². The van der Waals surface area contributed by atoms with Crippen molar-refractivity contribution in [3.8, 4) is 5.69 Å². The molecule has 8 heteroatoms. The Morgan fingerprint density at radius 3 is 2.68 bits per heavy atom. The van der Waals surface area contributed by atoms with Gasteiger partial charge in [-0.25, -0.2) is 14.5 Å². The van der Waals surface area contributed by atoms with E-state index in [1.54, 1.807) is 17.0 Å². The van der Waals surface area contributed by atoms with Crippen LogP contribution >= 0.6 is 0 Å². The SMILES string of the molecule is C/C(=N/OCc1nc2c3c(C)c(C)n(-c4cccnc4)c3ncn2n1)c1ccccc1. The number of pyridine rings is 1. The Bertz CT molecular complexity index is 1400. The number of nitrogens with zero attached hydrogens (tertiary/aromatic N) is 7. The van der Waals surface area contributed by atoms with Crippen LogP contribution in [0.15, 0.2) is 66.3 Å². The van der Waals surface area contributed by atoms with Crippen molar-refractivity contribution in [2.45, 2.75) is 27.4 Å². The van der Waals surface area contributed by atoms with Crippen molar-refractivity contribution in [3.63, 3.8) is 0 Å². The highest BCUT2D eigenvalue weighted by Crippen LogP contribution is 2.29. The molecule has 0 bridgehead atoms. The number of oxime groups is 1. The molecule has 0 spiro atoms. The molecule has 154 valence electrons. The molecule has 0 atom stereocenters. The molecule has 8 nitrogen and oxygen atoms in total. The average Bonchev–Trinajstić information content (AvgIpc) is 3.33. The van der Waals surface area contributed by atoms with Gasteiger partial charge in [-0.15, -0.1) is 5.10 Å². The van der Waals surface area contributed by atoms with Crippen LogP contribution in [0.3, 0.4) is 0 Å². The monoisotopic (exact) mass is 411 g/mol. The minimum Gasteiger partial charge on any atom is -0.387 e. The average molecular weight is 411 g/mol. The molecule has 4 aromatic heterocycles. The molecule has 0 aliphatic carbocycles. The first-order chi connectivity index (χ1) is 15.1. The Labute approximate surface area is 178 Å². The molecule has 0 aliphatic rings. The van der Waals surface area contributed by atoms with Crippen molar-refractivity contribution in [2.75, 3.05) is 0 Å². The lowest BCUT2D eigenvalue weighted by Crippen LogP contribution is -1.99. The summed E-state index contributed by atoms with van der Waals surface area (Å²) in [6, 6.07) is 13.8. The fourth-order valence-corrected chi connectivity index (χ4v) is 3.69. The third kappa shape index (κ3) is 3.31. The third-order valence-electron chi connectivity index (χ3n) is 5.37. The first-order valence-corrected chi connectivity index (χ1v) is 9.97. The van der Waals surface area contributed by atoms with E-state index in [0.717, 1.165) is 44.9 Å². The van der Waals surface area contributed by atoms with Gasteiger partial charge < -0.3 is 4.84 Å². The van der Waals surface area contributed by atoms with E-state index in [0.29, 0.717) is 5.82 Å². The summed E-state index contributed by atoms with van der Waals surface area (Å²) in [5.74, 6) is 0.546. The van der Waals surface area contributed by atoms with Crippen molar-refractivity contribution in [3.05, 3.63) is 83.8 Å². The molecule has 0 saturated heterocycles. The van der Waals surface area contributed by atoms with Gasteiger partial charge in [-0.05, 0) is 44.0 Å². The predicted octanol–water partition coefficient (Wildman–Crippen LogP) is 4.02. The molecule has 5 rings (SSSR count). The van der Waals surface area contributed by atoms with Crippen LogP contribution in [0.1, 0.15) is 29.6 Å². The highest BCUT2D eigenvalue weighted by Gasteiger charge is 2.19. The highest BCUT2D eigenvalue weighted by atomic mass is 16.6. The van der Waals surface area contributed by atoms with Gasteiger partial charge in [0.1, 0.15) is 6.33 Å². The van der Waals surface area contributed by atoms with Crippen molar-refractivity contribution >= 4 is 22.4 Å². The minimum absolute atomic E-state index is 0.175. The maximum absolute atomic E-state index is 5.52. The van der Waals surface area contributed by atoms with E-state index in [2.05, 4.69) is 38.6 Å². The number of hydrogen-bond acceptors (Lipinski definition) is 6. The molecule has 0 N–H and O–H groups in total. The molecule has 0 saturated carbocycles. The summed E-state index contributed by atoms with van der Waals surface area (Å²) in [4.78, 5) is 19.1. The quantitative estimate of drug-likeness (QED) is 0.322. The number of rotatable bonds is 5. The van der Waals surface area contributed by atoms with Crippen LogP contribution in [0.25, 0.3) is 22.4 Å². The Morgan fingerprint density at radius 1 is 1.06 bits per heavy atom. The Balaban J connectivity index is 1.50. The largest absolute Gasteiger partial charge is 0.387 e. The van der Waals surface area contributed by atoms with E-state index in [9.17, 15) is 0 Å². The second-order valence-corrected chi connectivity index (χ2v) is 7.31. The second kappa shape index (κ2) is 7.64. The normalized spacial score (nSPS) is 12.0. The molecule has 4 heterocycles. The second-order valence-electron chi connectivity index (χ2n) is 7.31. The van der Waals surface area contributed by atoms with E-state index in [-0.39, 0.29) is 6.61 Å². The summed E-state index contributed by atoms with van der Waals surface area (Å²) in [7, 11) is 0. The lowest BCUT2D eigenvalue weighted by atomic mass is 10.1. The van der Waals surface area contributed by atoms with Crippen LogP contribution in [-0.2, 0) is 11.4 Å². The Hall–Kier alpha value is -4.07. The van der Waals surface area contributed by atoms with Gasteiger partial charge in [0.2, 0.25) is 0 Å². The van der Waals surface area contributed by atoms with Gasteiger partial charge in [-0.1, -0.05) is 35.5 Å². The topological polar surface area (TPSA) is 82.5 Å². The summed E-state index contributed by atoms with van der Waals surface area (Å²) >= 11 is 0. The van der Waals surface area contributed by atoms with Gasteiger partial charge in [0.15, 0.2) is 23.7 Å². The molecule has 1 aromatic carbocycles. The fourth-order valence-electron chi connectivity index (χ4n) is 3.69. The number of aryl methyl sites for hydroxylation is 1. The van der Waals surface area contributed by atoms with Gasteiger partial charge in [0.25, 0.3) is 0 Å². The molecular weight excluding hydrogens is 390 g/mol. The summed E-state index contributed by atoms with van der Waals surface area (Å²) < 4.78 is 3.78. The zero-order valence-electron chi connectivity index (χ0n) is 17.5. The smallest absolute Gasteiger partial charge is 0.192 e. The first-order valence-electron chi connectivity index (χ1n) is 9.97. The molecule has 0 aliphatic heterocycles. The molecule has 31 heavy (non-hydrogen) atoms. The van der Waals surface area contributed by atoms with Gasteiger partial charge in [0.05, 0.1) is 23.0 Å². The van der Waals surface area contributed by atoms with Crippen LogP contribution in [0.4, 0.5) is 0 Å². The maximum atomic E-state index is 5.52. The van der Waals surface area contributed by atoms with E-state index in [1.807, 2.05) is 55.6 Å². The van der Waals surface area contributed by atoms with Gasteiger partial charge in [-0.3, -0.25) is 9.55 Å². The standard InChI is InChI=1S/C23H21N7O/c1-15-17(3)30(19-10-7-11-24-12-19)22-21(15)23-26-20(27-29(23)14-25-22)13-31-28-16(2)18-8-5-4-6-9-18/h4-12,14H,13H2,1-3H3/b28-16-. The van der Waals surface area contributed by atoms with E-state index >= 15 is 0 Å². The van der Waals surface area contributed by atoms with E-state index < -0.39 is 0 Å². The van der Waals surface area contributed by atoms with Crippen molar-refractivity contribution in [1.29, 1.82) is 0 Å². The zero-order valence-corrected chi connectivity index (χ0v) is 17.5. The zero-order chi connectivity index (χ0) is 21.4. The maximum Gasteiger partial charge on any atom is 0.192 e. The number of aromatic nitrogens is 6. The third-order valence-corrected chi connectivity index (χ3v) is 5.37. The van der Waals surface area contributed by atoms with Crippen molar-refractivity contribution < 1.29 is 4.84 Å². The molecule has 0 fully saturated rings. The number of benzene rings is 1. The van der Waals surface area contributed by atoms with Crippen LogP contribution in [0.5, 0.6) is 0 Å². The molecule has 0 radical (unpaired) electrons. The summed E-state index contributed by atoms with van der Waals surface area (Å²) in [6.45, 7) is 6.23. The van der Waals surface area contributed by atoms with Crippen LogP contribution < -0.4 is 0 Å². The summed E-state index contributed by atoms with van der Waals surface area (Å²) in [5.41, 5.74) is 6.54. The molecule has 0 unspecified atom stereocenters. The van der Waals surface area contributed by atoms with E-state index in [4.69, 9.17) is 9.82 Å². The summed E-state index contributed by atoms with van der Waals surface area (Å²) in [5, 5.41) is 9.68. The molecule has 5 aromatic rings. The Morgan fingerprint density at radius 2 is 1.90 bits per heavy atom. The van der Waals surface area contributed by atoms with Gasteiger partial charge in [0, 0.05) is 11.9 Å². The fraction of sp³-hybridized carbons (Fsp3) is 0.174. The van der Waals surface area contributed by atoms with Crippen LogP contribution in [-0.4, -0.2) is 34.8 Å². The lowest BCUT2D eigenvalue weighted by Gasteiger charge is -2.06. The number of fused-ring (bicyclic) bond motifs is 3. The van der Waals surface area contributed by atoms with Crippen molar-refractivity contribution in [2.24, 2.45) is 5.16 Å². The predicted molar refractivity (Wildman–Crippen MR) is 118 cm³/mol. The lowest BCUT2D eigenvalue weighted by molar-refractivity contribution is 0.125.